The fourth-order valence-electron chi connectivity index (χ4n) is 3.37. The first kappa shape index (κ1) is 29.3. The fourth-order valence-corrected chi connectivity index (χ4v) is 3.81. The number of halogens is 1. The molecule has 1 aliphatic rings. The summed E-state index contributed by atoms with van der Waals surface area (Å²) >= 11 is 0. The number of β-amino-alcohol motifs (C(OH)–C–C–N with tert-alkyl or cyclic N) is 1. The first-order valence-electron chi connectivity index (χ1n) is 9.94. The van der Waals surface area contributed by atoms with Gasteiger partial charge in [-0.2, -0.15) is 0 Å². The Morgan fingerprint density at radius 3 is 2.26 bits per heavy atom. The Kier molecular flexibility index (Phi) is 10.9. The lowest BCUT2D eigenvalue weighted by molar-refractivity contribution is -0.0980. The number of aromatic nitrogens is 2. The number of hydrogen-bond acceptors (Lipinski definition) is 9. The van der Waals surface area contributed by atoms with Crippen LogP contribution in [0.4, 0.5) is 10.2 Å². The molecule has 0 bridgehead atoms. The van der Waals surface area contributed by atoms with E-state index in [0.29, 0.717) is 19.6 Å². The van der Waals surface area contributed by atoms with Gasteiger partial charge in [0.1, 0.15) is 18.0 Å². The summed E-state index contributed by atoms with van der Waals surface area (Å²) in [6.07, 6.45) is 1.18. The lowest BCUT2D eigenvalue weighted by Crippen LogP contribution is -2.49. The molecule has 5 N–H and O–H groups in total. The van der Waals surface area contributed by atoms with E-state index in [1.165, 1.54) is 10.8 Å². The minimum atomic E-state index is -4.60. The van der Waals surface area contributed by atoms with E-state index in [9.17, 15) is 28.8 Å². The molecule has 190 valence electrons. The summed E-state index contributed by atoms with van der Waals surface area (Å²) in [5.74, 6) is -3.96. The number of carbonyl (C=O) groups is 2. The Bertz CT molecular complexity index is 1100. The number of rotatable bonds is 6. The maximum absolute atomic E-state index is 14.8. The second kappa shape index (κ2) is 12.6. The first-order chi connectivity index (χ1) is 16.0. The van der Waals surface area contributed by atoms with Crippen molar-refractivity contribution in [2.45, 2.75) is 19.3 Å². The van der Waals surface area contributed by atoms with Crippen LogP contribution in [0.1, 0.15) is 17.3 Å². The number of carboxylic acid groups (broad SMARTS) is 1. The number of carbonyl (C=O) groups excluding carboxylic acids is 1. The third-order valence-electron chi connectivity index (χ3n) is 5.04. The molecular formula is C19H28FN4O9P. The number of carboxylic acids is 1. The first-order valence-corrected chi connectivity index (χ1v) is 11.6. The molecule has 0 aromatic carbocycles. The maximum Gasteiger partial charge on any atom is 0.355 e. The topological polar surface area (TPSA) is 194 Å². The predicted octanol–water partition coefficient (Wildman–Crippen LogP) is -0.705. The summed E-state index contributed by atoms with van der Waals surface area (Å²) < 4.78 is 27.3. The van der Waals surface area contributed by atoms with Gasteiger partial charge in [-0.25, -0.2) is 14.2 Å². The molecule has 0 radical (unpaired) electrons. The van der Waals surface area contributed by atoms with Crippen LogP contribution in [0, 0.1) is 5.82 Å². The van der Waals surface area contributed by atoms with Crippen LogP contribution in [0.3, 0.4) is 0 Å². The number of anilines is 1. The summed E-state index contributed by atoms with van der Waals surface area (Å²) in [5, 5.41) is 25.6. The molecule has 0 spiro atoms. The Labute approximate surface area is 193 Å². The lowest BCUT2D eigenvalue weighted by Gasteiger charge is -2.36. The fraction of sp³-hybridized carbons (Fsp3) is 0.474. The number of aryl methyl sites for hydroxylation is 1. The molecule has 15 heteroatoms. The zero-order valence-electron chi connectivity index (χ0n) is 18.7. The quantitative estimate of drug-likeness (QED) is 0.310. The summed E-state index contributed by atoms with van der Waals surface area (Å²) in [6.45, 7) is 5.05. The summed E-state index contributed by atoms with van der Waals surface area (Å²) in [5.41, 5.74) is -1.10. The number of fused-ring (bicyclic) bond motifs is 1. The maximum atomic E-state index is 14.8. The summed E-state index contributed by atoms with van der Waals surface area (Å²) in [4.78, 5) is 57.3. The van der Waals surface area contributed by atoms with Crippen LogP contribution in [-0.4, -0.2) is 98.0 Å². The number of aliphatic hydroxyl groups is 2. The van der Waals surface area contributed by atoms with Crippen LogP contribution in [0.5, 0.6) is 0 Å². The van der Waals surface area contributed by atoms with Crippen molar-refractivity contribution in [1.29, 1.82) is 0 Å². The highest BCUT2D eigenvalue weighted by Gasteiger charge is 2.30. The molecule has 1 aliphatic heterocycles. The molecule has 0 amide bonds. The highest BCUT2D eigenvalue weighted by atomic mass is 31.2. The number of hydrogen-bond donors (Lipinski definition) is 5. The SMILES string of the molecule is C=O.CCn1cc(C(=O)O)c(=O)c2cc(F)c(N3CCN(CC(O)P(=O)(O)O)CC3)nc21.CO. The van der Waals surface area contributed by atoms with Crippen LogP contribution in [-0.2, 0) is 15.9 Å². The average molecular weight is 506 g/mol. The number of aromatic carboxylic acids is 1. The minimum Gasteiger partial charge on any atom is -0.477 e. The molecule has 34 heavy (non-hydrogen) atoms. The third kappa shape index (κ3) is 6.65. The van der Waals surface area contributed by atoms with E-state index in [1.807, 2.05) is 6.79 Å². The van der Waals surface area contributed by atoms with E-state index in [0.717, 1.165) is 13.2 Å². The Balaban J connectivity index is 0.00000137. The van der Waals surface area contributed by atoms with Gasteiger partial charge in [0, 0.05) is 52.6 Å². The van der Waals surface area contributed by atoms with E-state index in [2.05, 4.69) is 4.98 Å². The number of pyridine rings is 2. The molecule has 3 rings (SSSR count). The van der Waals surface area contributed by atoms with Crippen molar-refractivity contribution in [3.8, 4) is 0 Å². The highest BCUT2D eigenvalue weighted by Crippen LogP contribution is 2.39. The zero-order valence-corrected chi connectivity index (χ0v) is 19.6. The van der Waals surface area contributed by atoms with Gasteiger partial charge >= 0.3 is 13.6 Å². The molecule has 3 heterocycles. The second-order valence-electron chi connectivity index (χ2n) is 6.99. The molecule has 13 nitrogen and oxygen atoms in total. The molecule has 2 aromatic rings. The van der Waals surface area contributed by atoms with E-state index in [-0.39, 0.29) is 36.5 Å². The predicted molar refractivity (Wildman–Crippen MR) is 121 cm³/mol. The molecule has 2 aromatic heterocycles. The monoisotopic (exact) mass is 506 g/mol. The van der Waals surface area contributed by atoms with Gasteiger partial charge in [0.15, 0.2) is 17.5 Å². The molecule has 1 saturated heterocycles. The van der Waals surface area contributed by atoms with Crippen molar-refractivity contribution in [1.82, 2.24) is 14.5 Å². The van der Waals surface area contributed by atoms with Gasteiger partial charge in [0.05, 0.1) is 5.39 Å². The standard InChI is InChI=1S/C17H22FN4O7P.CH4O.CH2O/c1-2-21-8-11(17(25)26)14(24)10-7-12(18)16(19-15(10)21)22-5-3-20(4-6-22)9-13(23)30(27,28)29;2*1-2/h7-8,13,23H,2-6,9H2,1H3,(H,25,26)(H2,27,28,29);2H,1H3;1H2. The molecular weight excluding hydrogens is 478 g/mol. The van der Waals surface area contributed by atoms with E-state index in [1.54, 1.807) is 16.7 Å². The molecule has 1 atom stereocenters. The van der Waals surface area contributed by atoms with E-state index >= 15 is 0 Å². The number of nitrogens with zero attached hydrogens (tertiary/aromatic N) is 4. The normalized spacial score (nSPS) is 15.1. The van der Waals surface area contributed by atoms with Crippen LogP contribution in [0.2, 0.25) is 0 Å². The Morgan fingerprint density at radius 2 is 1.79 bits per heavy atom. The van der Waals surface area contributed by atoms with E-state index < -0.39 is 36.2 Å². The van der Waals surface area contributed by atoms with Crippen molar-refractivity contribution in [2.24, 2.45) is 0 Å². The van der Waals surface area contributed by atoms with E-state index in [4.69, 9.17) is 19.7 Å². The van der Waals surface area contributed by atoms with Gasteiger partial charge in [-0.3, -0.25) is 14.3 Å². The van der Waals surface area contributed by atoms with Gasteiger partial charge in [-0.1, -0.05) is 0 Å². The van der Waals surface area contributed by atoms with Crippen molar-refractivity contribution in [3.05, 3.63) is 33.9 Å². The molecule has 1 unspecified atom stereocenters. The van der Waals surface area contributed by atoms with Crippen LogP contribution in [0.15, 0.2) is 17.1 Å². The van der Waals surface area contributed by atoms with Gasteiger partial charge in [0.2, 0.25) is 5.43 Å². The number of aliphatic hydroxyl groups excluding tert-OH is 2. The van der Waals surface area contributed by atoms with Crippen molar-refractivity contribution in [2.75, 3.05) is 44.7 Å². The zero-order chi connectivity index (χ0) is 26.2. The second-order valence-corrected chi connectivity index (χ2v) is 8.76. The van der Waals surface area contributed by atoms with Crippen molar-refractivity contribution in [3.63, 3.8) is 0 Å². The Morgan fingerprint density at radius 1 is 1.24 bits per heavy atom. The van der Waals surface area contributed by atoms with Crippen LogP contribution < -0.4 is 10.3 Å². The minimum absolute atomic E-state index is 0.00219. The van der Waals surface area contributed by atoms with Gasteiger partial charge in [-0.05, 0) is 13.0 Å². The third-order valence-corrected chi connectivity index (χ3v) is 5.98. The van der Waals surface area contributed by atoms with Gasteiger partial charge in [0.25, 0.3) is 0 Å². The van der Waals surface area contributed by atoms with Crippen molar-refractivity contribution < 1.29 is 43.7 Å². The van der Waals surface area contributed by atoms with Gasteiger partial charge in [-0.15, -0.1) is 0 Å². The average Bonchev–Trinajstić information content (AvgIpc) is 2.81. The smallest absolute Gasteiger partial charge is 0.355 e. The molecule has 0 saturated carbocycles. The molecule has 0 aliphatic carbocycles. The largest absolute Gasteiger partial charge is 0.477 e. The van der Waals surface area contributed by atoms with Crippen LogP contribution in [0.25, 0.3) is 11.0 Å². The summed E-state index contributed by atoms with van der Waals surface area (Å²) in [7, 11) is -3.60. The molecule has 1 fully saturated rings. The number of piperazine rings is 1. The highest BCUT2D eigenvalue weighted by molar-refractivity contribution is 7.52. The Hall–Kier alpha value is -2.74. The lowest BCUT2D eigenvalue weighted by atomic mass is 10.2. The van der Waals surface area contributed by atoms with Crippen LogP contribution >= 0.6 is 7.60 Å². The summed E-state index contributed by atoms with van der Waals surface area (Å²) in [6, 6.07) is 0.989. The van der Waals surface area contributed by atoms with Gasteiger partial charge < -0.3 is 39.4 Å². The van der Waals surface area contributed by atoms with Crippen molar-refractivity contribution >= 4 is 37.2 Å².